The third-order valence-corrected chi connectivity index (χ3v) is 2.82. The first-order valence-electron chi connectivity index (χ1n) is 4.54. The molecule has 0 aromatic heterocycles. The Hall–Kier alpha value is -0.680. The van der Waals surface area contributed by atoms with Crippen LogP contribution in [0.3, 0.4) is 0 Å². The van der Waals surface area contributed by atoms with E-state index in [-0.39, 0.29) is 0 Å². The molecule has 2 unspecified atom stereocenters. The molecule has 4 N–H and O–H groups in total. The van der Waals surface area contributed by atoms with Crippen molar-refractivity contribution in [2.24, 2.45) is 0 Å². The second-order valence-corrected chi connectivity index (χ2v) is 3.87. The van der Waals surface area contributed by atoms with E-state index in [2.05, 4.69) is 24.1 Å². The molecule has 0 spiro atoms. The van der Waals surface area contributed by atoms with E-state index in [9.17, 15) is 0 Å². The Bertz CT molecular complexity index is 186. The summed E-state index contributed by atoms with van der Waals surface area (Å²) in [5, 5.41) is 18.3. The fourth-order valence-corrected chi connectivity index (χ4v) is 1.37. The van der Waals surface area contributed by atoms with Crippen LogP contribution in [-0.4, -0.2) is 21.5 Å². The summed E-state index contributed by atoms with van der Waals surface area (Å²) in [6.45, 7) is 10.8. The third kappa shape index (κ3) is 2.42. The zero-order valence-electron chi connectivity index (χ0n) is 8.88. The zero-order chi connectivity index (χ0) is 11.2. The molecule has 0 aliphatic heterocycles. The van der Waals surface area contributed by atoms with Crippen molar-refractivity contribution >= 4 is 0 Å². The van der Waals surface area contributed by atoms with Crippen molar-refractivity contribution in [1.82, 2.24) is 11.0 Å². The molecule has 0 aromatic carbocycles. The fourth-order valence-electron chi connectivity index (χ4n) is 1.37. The van der Waals surface area contributed by atoms with Crippen LogP contribution in [0.4, 0.5) is 0 Å². The fraction of sp³-hybridized carbons (Fsp3) is 0.600. The minimum absolute atomic E-state index is 0.515. The smallest absolute Gasteiger partial charge is 0.0639 e. The monoisotopic (exact) mass is 200 g/mol. The van der Waals surface area contributed by atoms with Crippen LogP contribution in [0.1, 0.15) is 26.7 Å². The van der Waals surface area contributed by atoms with Crippen molar-refractivity contribution in [3.05, 3.63) is 25.3 Å². The maximum absolute atomic E-state index is 9.13. The van der Waals surface area contributed by atoms with Crippen LogP contribution in [0.15, 0.2) is 25.3 Å². The first-order chi connectivity index (χ1) is 6.49. The molecule has 0 saturated carbocycles. The summed E-state index contributed by atoms with van der Waals surface area (Å²) < 4.78 is 0. The Balaban J connectivity index is 4.90. The average molecular weight is 200 g/mol. The Morgan fingerprint density at radius 3 is 1.43 bits per heavy atom. The number of nitrogens with one attached hydrogen (secondary N) is 2. The number of hydrogen-bond acceptors (Lipinski definition) is 4. The Labute approximate surface area is 85.2 Å². The maximum Gasteiger partial charge on any atom is 0.0639 e. The number of hydroxylamine groups is 2. The summed E-state index contributed by atoms with van der Waals surface area (Å²) in [6, 6.07) is 0. The summed E-state index contributed by atoms with van der Waals surface area (Å²) >= 11 is 0. The predicted molar refractivity (Wildman–Crippen MR) is 56.3 cm³/mol. The van der Waals surface area contributed by atoms with E-state index in [1.165, 1.54) is 0 Å². The van der Waals surface area contributed by atoms with E-state index in [1.54, 1.807) is 26.0 Å². The molecule has 4 nitrogen and oxygen atoms in total. The Morgan fingerprint density at radius 1 is 1.00 bits per heavy atom. The molecule has 4 heteroatoms. The maximum atomic E-state index is 9.13. The van der Waals surface area contributed by atoms with Crippen LogP contribution in [0.25, 0.3) is 0 Å². The predicted octanol–water partition coefficient (Wildman–Crippen LogP) is 1.61. The first-order valence-corrected chi connectivity index (χ1v) is 4.54. The highest BCUT2D eigenvalue weighted by atomic mass is 16.5. The summed E-state index contributed by atoms with van der Waals surface area (Å²) in [5.41, 5.74) is 3.03. The molecule has 0 fully saturated rings. The summed E-state index contributed by atoms with van der Waals surface area (Å²) in [7, 11) is 0. The quantitative estimate of drug-likeness (QED) is 0.372. The molecule has 82 valence electrons. The molecular weight excluding hydrogens is 180 g/mol. The lowest BCUT2D eigenvalue weighted by Gasteiger charge is -2.43. The average Bonchev–Trinajstić information content (AvgIpc) is 2.18. The molecule has 0 bridgehead atoms. The molecule has 0 saturated heterocycles. The van der Waals surface area contributed by atoms with E-state index in [0.29, 0.717) is 12.8 Å². The second kappa shape index (κ2) is 5.26. The highest BCUT2D eigenvalue weighted by Crippen LogP contribution is 2.28. The van der Waals surface area contributed by atoms with Gasteiger partial charge in [0, 0.05) is 0 Å². The number of hydrogen-bond donors (Lipinski definition) is 4. The molecule has 0 aromatic rings. The molecule has 0 radical (unpaired) electrons. The number of rotatable bonds is 7. The highest BCUT2D eigenvalue weighted by Gasteiger charge is 2.42. The van der Waals surface area contributed by atoms with Crippen LogP contribution in [0, 0.1) is 0 Å². The third-order valence-electron chi connectivity index (χ3n) is 2.82. The lowest BCUT2D eigenvalue weighted by molar-refractivity contribution is -0.0432. The van der Waals surface area contributed by atoms with Gasteiger partial charge in [-0.15, -0.1) is 13.2 Å². The standard InChI is InChI=1S/C10H20N2O2/c1-5-7-9(3,11-13)10(4,12-14)8-6-2/h5-6,11-14H,1-2,7-8H2,3-4H3. The molecule has 0 amide bonds. The van der Waals surface area contributed by atoms with E-state index < -0.39 is 11.1 Å². The van der Waals surface area contributed by atoms with Gasteiger partial charge in [0.05, 0.1) is 11.1 Å². The van der Waals surface area contributed by atoms with Crippen molar-refractivity contribution in [3.63, 3.8) is 0 Å². The van der Waals surface area contributed by atoms with Gasteiger partial charge in [-0.3, -0.25) is 0 Å². The molecular formula is C10H20N2O2. The van der Waals surface area contributed by atoms with Gasteiger partial charge in [-0.25, -0.2) is 0 Å². The van der Waals surface area contributed by atoms with Crippen LogP contribution in [0.2, 0.25) is 0 Å². The zero-order valence-corrected chi connectivity index (χ0v) is 8.88. The Morgan fingerprint density at radius 2 is 1.29 bits per heavy atom. The van der Waals surface area contributed by atoms with Gasteiger partial charge in [0.25, 0.3) is 0 Å². The molecule has 2 atom stereocenters. The van der Waals surface area contributed by atoms with Crippen molar-refractivity contribution in [3.8, 4) is 0 Å². The van der Waals surface area contributed by atoms with Gasteiger partial charge in [0.15, 0.2) is 0 Å². The van der Waals surface area contributed by atoms with Gasteiger partial charge in [-0.2, -0.15) is 11.0 Å². The molecule has 0 aliphatic carbocycles. The van der Waals surface area contributed by atoms with Crippen molar-refractivity contribution in [1.29, 1.82) is 0 Å². The van der Waals surface area contributed by atoms with E-state index in [1.807, 2.05) is 0 Å². The van der Waals surface area contributed by atoms with Gasteiger partial charge in [0.2, 0.25) is 0 Å². The minimum Gasteiger partial charge on any atom is -0.316 e. The molecule has 0 heterocycles. The van der Waals surface area contributed by atoms with Crippen LogP contribution < -0.4 is 11.0 Å². The SMILES string of the molecule is C=CCC(C)(NO)C(C)(CC=C)NO. The normalized spacial score (nSPS) is 19.4. The van der Waals surface area contributed by atoms with E-state index >= 15 is 0 Å². The van der Waals surface area contributed by atoms with Gasteiger partial charge in [-0.1, -0.05) is 12.2 Å². The van der Waals surface area contributed by atoms with Gasteiger partial charge in [-0.05, 0) is 26.7 Å². The molecule has 0 rings (SSSR count). The largest absolute Gasteiger partial charge is 0.316 e. The summed E-state index contributed by atoms with van der Waals surface area (Å²) in [6.07, 6.45) is 4.40. The molecule has 14 heavy (non-hydrogen) atoms. The summed E-state index contributed by atoms with van der Waals surface area (Å²) in [4.78, 5) is 0. The van der Waals surface area contributed by atoms with Crippen molar-refractivity contribution < 1.29 is 10.4 Å². The first kappa shape index (κ1) is 13.3. The van der Waals surface area contributed by atoms with Crippen molar-refractivity contribution in [2.45, 2.75) is 37.8 Å². The highest BCUT2D eigenvalue weighted by molar-refractivity contribution is 5.07. The lowest BCUT2D eigenvalue weighted by Crippen LogP contribution is -2.64. The molecule has 0 aliphatic rings. The lowest BCUT2D eigenvalue weighted by atomic mass is 9.76. The van der Waals surface area contributed by atoms with Crippen LogP contribution in [-0.2, 0) is 0 Å². The minimum atomic E-state index is -0.697. The van der Waals surface area contributed by atoms with Gasteiger partial charge < -0.3 is 10.4 Å². The second-order valence-electron chi connectivity index (χ2n) is 3.87. The van der Waals surface area contributed by atoms with Crippen LogP contribution >= 0.6 is 0 Å². The topological polar surface area (TPSA) is 64.5 Å². The van der Waals surface area contributed by atoms with E-state index in [4.69, 9.17) is 10.4 Å². The summed E-state index contributed by atoms with van der Waals surface area (Å²) in [5.74, 6) is 0. The Kier molecular flexibility index (Phi) is 5.01. The van der Waals surface area contributed by atoms with Crippen LogP contribution in [0.5, 0.6) is 0 Å². The van der Waals surface area contributed by atoms with Gasteiger partial charge in [0.1, 0.15) is 0 Å². The van der Waals surface area contributed by atoms with E-state index in [0.717, 1.165) is 0 Å². The van der Waals surface area contributed by atoms with Gasteiger partial charge >= 0.3 is 0 Å². The van der Waals surface area contributed by atoms with Crippen molar-refractivity contribution in [2.75, 3.05) is 0 Å².